The summed E-state index contributed by atoms with van der Waals surface area (Å²) in [5, 5.41) is 55.0. The number of rotatable bonds is 12. The zero-order valence-electron chi connectivity index (χ0n) is 14.7. The molecule has 1 heterocycles. The minimum absolute atomic E-state index is 0.0403. The van der Waals surface area contributed by atoms with Gasteiger partial charge < -0.3 is 30.0 Å². The van der Waals surface area contributed by atoms with Crippen LogP contribution < -0.4 is 14.7 Å². The number of hydrogen-bond donors (Lipinski definition) is 3. The Labute approximate surface area is 156 Å². The number of anilines is 3. The molecule has 0 amide bonds. The fourth-order valence-corrected chi connectivity index (χ4v) is 2.02. The summed E-state index contributed by atoms with van der Waals surface area (Å²) in [5.41, 5.74) is 0. The van der Waals surface area contributed by atoms with Crippen LogP contribution in [0.4, 0.5) is 17.8 Å². The fourth-order valence-electron chi connectivity index (χ4n) is 2.02. The molecule has 0 radical (unpaired) electrons. The van der Waals surface area contributed by atoms with Crippen molar-refractivity contribution in [3.8, 4) is 18.2 Å². The lowest BCUT2D eigenvalue weighted by molar-refractivity contribution is 0.284. The monoisotopic (exact) mass is 375 g/mol. The van der Waals surface area contributed by atoms with Gasteiger partial charge in [-0.2, -0.15) is 30.7 Å². The maximum Gasteiger partial charge on any atom is 0.233 e. The summed E-state index contributed by atoms with van der Waals surface area (Å²) in [4.78, 5) is 16.6. The van der Waals surface area contributed by atoms with Crippen LogP contribution in [0.1, 0.15) is 19.3 Å². The van der Waals surface area contributed by atoms with Gasteiger partial charge in [-0.3, -0.25) is 0 Å². The molecular formula is C15H21N9O3. The second-order valence-electron chi connectivity index (χ2n) is 5.17. The molecule has 0 bridgehead atoms. The molecule has 0 aliphatic rings. The van der Waals surface area contributed by atoms with Crippen molar-refractivity contribution in [1.29, 1.82) is 15.8 Å². The van der Waals surface area contributed by atoms with E-state index in [-0.39, 0.29) is 56.7 Å². The highest BCUT2D eigenvalue weighted by Gasteiger charge is 2.19. The van der Waals surface area contributed by atoms with Crippen LogP contribution in [0.15, 0.2) is 0 Å². The molecule has 0 atom stereocenters. The third-order valence-electron chi connectivity index (χ3n) is 3.44. The van der Waals surface area contributed by atoms with E-state index in [0.717, 1.165) is 0 Å². The quantitative estimate of drug-likeness (QED) is 0.375. The Morgan fingerprint density at radius 1 is 0.593 bits per heavy atom. The van der Waals surface area contributed by atoms with Crippen molar-refractivity contribution in [2.45, 2.75) is 19.3 Å². The van der Waals surface area contributed by atoms with Crippen molar-refractivity contribution in [3.63, 3.8) is 0 Å². The van der Waals surface area contributed by atoms with Gasteiger partial charge in [-0.15, -0.1) is 0 Å². The minimum Gasteiger partial charge on any atom is -0.376 e. The molecule has 0 saturated heterocycles. The standard InChI is InChI=1S/C15H21N9O3/c16-4-1-7-22(10-25)13-19-14(23(11-26)8-2-5-17)21-15(20-13)24(12-27)9-3-6-18/h25-27H,1-3,7-12H2. The topological polar surface area (TPSA) is 180 Å². The third kappa shape index (κ3) is 6.53. The molecular weight excluding hydrogens is 354 g/mol. The van der Waals surface area contributed by atoms with E-state index in [1.54, 1.807) is 0 Å². The number of aliphatic hydroxyl groups excluding tert-OH is 3. The summed E-state index contributed by atoms with van der Waals surface area (Å²) in [6.45, 7) is -0.906. The first kappa shape index (κ1) is 21.8. The van der Waals surface area contributed by atoms with Crippen LogP contribution >= 0.6 is 0 Å². The summed E-state index contributed by atoms with van der Waals surface area (Å²) >= 11 is 0. The SMILES string of the molecule is N#CCCN(CO)c1nc(N(CO)CCC#N)nc(N(CO)CCC#N)n1. The van der Waals surface area contributed by atoms with Crippen molar-refractivity contribution in [2.24, 2.45) is 0 Å². The lowest BCUT2D eigenvalue weighted by Crippen LogP contribution is -2.34. The molecule has 3 N–H and O–H groups in total. The first-order valence-electron chi connectivity index (χ1n) is 8.09. The van der Waals surface area contributed by atoms with Gasteiger partial charge >= 0.3 is 0 Å². The highest BCUT2D eigenvalue weighted by Crippen LogP contribution is 2.19. The predicted octanol–water partition coefficient (Wildman–Crippen LogP) is -1.12. The van der Waals surface area contributed by atoms with Gasteiger partial charge in [-0.1, -0.05) is 0 Å². The summed E-state index contributed by atoms with van der Waals surface area (Å²) in [6, 6.07) is 5.87. The number of nitrogens with zero attached hydrogens (tertiary/aromatic N) is 9. The Bertz CT molecular complexity index is 602. The average Bonchev–Trinajstić information content (AvgIpc) is 2.70. The Morgan fingerprint density at radius 2 is 0.852 bits per heavy atom. The number of aliphatic hydroxyl groups is 3. The van der Waals surface area contributed by atoms with Crippen LogP contribution in [0.25, 0.3) is 0 Å². The molecule has 0 unspecified atom stereocenters. The molecule has 0 spiro atoms. The van der Waals surface area contributed by atoms with Gasteiger partial charge in [-0.05, 0) is 0 Å². The van der Waals surface area contributed by atoms with E-state index in [0.29, 0.717) is 0 Å². The van der Waals surface area contributed by atoms with Crippen molar-refractivity contribution in [1.82, 2.24) is 15.0 Å². The Kier molecular flexibility index (Phi) is 9.83. The molecule has 1 rings (SSSR count). The molecule has 1 aromatic heterocycles. The van der Waals surface area contributed by atoms with E-state index in [9.17, 15) is 15.3 Å². The molecule has 27 heavy (non-hydrogen) atoms. The summed E-state index contributed by atoms with van der Waals surface area (Å²) in [7, 11) is 0. The smallest absolute Gasteiger partial charge is 0.233 e. The molecule has 0 aliphatic carbocycles. The highest BCUT2D eigenvalue weighted by molar-refractivity contribution is 5.46. The zero-order valence-corrected chi connectivity index (χ0v) is 14.7. The Hall–Kier alpha value is -3.24. The van der Waals surface area contributed by atoms with Crippen molar-refractivity contribution >= 4 is 17.8 Å². The van der Waals surface area contributed by atoms with Gasteiger partial charge in [0.2, 0.25) is 17.8 Å². The van der Waals surface area contributed by atoms with Crippen molar-refractivity contribution < 1.29 is 15.3 Å². The molecule has 0 aromatic carbocycles. The minimum atomic E-state index is -0.459. The first-order valence-corrected chi connectivity index (χ1v) is 8.09. The normalized spacial score (nSPS) is 9.78. The van der Waals surface area contributed by atoms with E-state index in [2.05, 4.69) is 15.0 Å². The number of hydrogen-bond acceptors (Lipinski definition) is 12. The molecule has 12 nitrogen and oxygen atoms in total. The molecule has 12 heteroatoms. The van der Waals surface area contributed by atoms with Gasteiger partial charge in [0, 0.05) is 19.6 Å². The van der Waals surface area contributed by atoms with Crippen LogP contribution in [-0.4, -0.2) is 70.1 Å². The van der Waals surface area contributed by atoms with Crippen molar-refractivity contribution in [2.75, 3.05) is 54.5 Å². The molecule has 0 saturated carbocycles. The zero-order chi connectivity index (χ0) is 20.1. The van der Waals surface area contributed by atoms with Gasteiger partial charge in [-0.25, -0.2) is 0 Å². The van der Waals surface area contributed by atoms with Crippen LogP contribution in [0.2, 0.25) is 0 Å². The van der Waals surface area contributed by atoms with Crippen LogP contribution in [0, 0.1) is 34.0 Å². The summed E-state index contributed by atoms with van der Waals surface area (Å²) in [6.07, 6.45) is 0.355. The maximum atomic E-state index is 9.57. The maximum absolute atomic E-state index is 9.57. The highest BCUT2D eigenvalue weighted by atomic mass is 16.3. The van der Waals surface area contributed by atoms with E-state index in [1.165, 1.54) is 14.7 Å². The second kappa shape index (κ2) is 12.2. The van der Waals surface area contributed by atoms with E-state index in [4.69, 9.17) is 15.8 Å². The van der Waals surface area contributed by atoms with E-state index < -0.39 is 20.2 Å². The lowest BCUT2D eigenvalue weighted by atomic mass is 10.4. The summed E-state index contributed by atoms with van der Waals surface area (Å²) in [5.74, 6) is 0.121. The number of aromatic nitrogens is 3. The van der Waals surface area contributed by atoms with E-state index in [1.807, 2.05) is 18.2 Å². The predicted molar refractivity (Wildman–Crippen MR) is 93.8 cm³/mol. The second-order valence-corrected chi connectivity index (χ2v) is 5.17. The van der Waals surface area contributed by atoms with Gasteiger partial charge in [0.05, 0.1) is 37.5 Å². The van der Waals surface area contributed by atoms with Gasteiger partial charge in [0.15, 0.2) is 0 Å². The van der Waals surface area contributed by atoms with Crippen LogP contribution in [-0.2, 0) is 0 Å². The largest absolute Gasteiger partial charge is 0.376 e. The van der Waals surface area contributed by atoms with E-state index >= 15 is 0 Å². The Morgan fingerprint density at radius 3 is 1.04 bits per heavy atom. The van der Waals surface area contributed by atoms with Crippen LogP contribution in [0.3, 0.4) is 0 Å². The fraction of sp³-hybridized carbons (Fsp3) is 0.600. The molecule has 0 fully saturated rings. The van der Waals surface area contributed by atoms with Crippen LogP contribution in [0.5, 0.6) is 0 Å². The number of nitriles is 3. The first-order chi connectivity index (χ1) is 13.1. The van der Waals surface area contributed by atoms with Gasteiger partial charge in [0.25, 0.3) is 0 Å². The summed E-state index contributed by atoms with van der Waals surface area (Å²) < 4.78 is 0. The molecule has 0 aliphatic heterocycles. The average molecular weight is 375 g/mol. The molecule has 144 valence electrons. The molecule has 1 aromatic rings. The Balaban J connectivity index is 3.34. The lowest BCUT2D eigenvalue weighted by Gasteiger charge is -2.26. The van der Waals surface area contributed by atoms with Gasteiger partial charge in [0.1, 0.15) is 20.2 Å². The third-order valence-corrected chi connectivity index (χ3v) is 3.44. The van der Waals surface area contributed by atoms with Crippen molar-refractivity contribution in [3.05, 3.63) is 0 Å².